The van der Waals surface area contributed by atoms with Gasteiger partial charge in [0, 0.05) is 11.6 Å². The molecule has 0 amide bonds. The van der Waals surface area contributed by atoms with Crippen LogP contribution in [-0.4, -0.2) is 56.0 Å². The molecule has 4 N–H and O–H groups in total. The van der Waals surface area contributed by atoms with E-state index in [1.54, 1.807) is 0 Å². The summed E-state index contributed by atoms with van der Waals surface area (Å²) in [5.41, 5.74) is 6.66. The van der Waals surface area contributed by atoms with Crippen molar-refractivity contribution in [2.24, 2.45) is 0 Å². The van der Waals surface area contributed by atoms with Crippen LogP contribution in [0.15, 0.2) is 42.6 Å². The van der Waals surface area contributed by atoms with Gasteiger partial charge in [0.25, 0.3) is 0 Å². The highest BCUT2D eigenvalue weighted by Gasteiger charge is 2.44. The van der Waals surface area contributed by atoms with Crippen LogP contribution in [-0.2, 0) is 17.6 Å². The molecule has 6 nitrogen and oxygen atoms in total. The number of hydrogen-bond donors (Lipinski definition) is 4. The average molecular weight is 426 g/mol. The molecule has 166 valence electrons. The number of benzene rings is 2. The van der Waals surface area contributed by atoms with Gasteiger partial charge >= 0.3 is 0 Å². The van der Waals surface area contributed by atoms with Crippen molar-refractivity contribution in [1.82, 2.24) is 4.57 Å². The lowest BCUT2D eigenvalue weighted by Gasteiger charge is -2.40. The molecular weight excluding hydrogens is 394 g/mol. The molecule has 2 aromatic carbocycles. The van der Waals surface area contributed by atoms with Crippen molar-refractivity contribution in [1.29, 1.82) is 0 Å². The van der Waals surface area contributed by atoms with E-state index in [1.165, 1.54) is 11.1 Å². The summed E-state index contributed by atoms with van der Waals surface area (Å²) in [4.78, 5) is 0. The van der Waals surface area contributed by atoms with Crippen LogP contribution in [0.3, 0.4) is 0 Å². The molecule has 5 atom stereocenters. The van der Waals surface area contributed by atoms with Gasteiger partial charge in [-0.25, -0.2) is 0 Å². The van der Waals surface area contributed by atoms with Gasteiger partial charge in [0.1, 0.15) is 24.4 Å². The summed E-state index contributed by atoms with van der Waals surface area (Å²) in [5.74, 6) is 0. The lowest BCUT2D eigenvalue weighted by molar-refractivity contribution is -0.250. The first-order valence-corrected chi connectivity index (χ1v) is 10.8. The SMILES string of the molecule is CCc1ccc(Cc2cn([C@@H]3O[C@H](CO)[C@@H](O)[C@H](O)[C@H]3O)c3cc(C)cc(C)c23)cc1. The van der Waals surface area contributed by atoms with E-state index in [9.17, 15) is 20.4 Å². The van der Waals surface area contributed by atoms with Gasteiger partial charge in [0.2, 0.25) is 0 Å². The number of aryl methyl sites for hydroxylation is 3. The summed E-state index contributed by atoms with van der Waals surface area (Å²) in [5, 5.41) is 41.8. The lowest BCUT2D eigenvalue weighted by Crippen LogP contribution is -2.56. The monoisotopic (exact) mass is 425 g/mol. The van der Waals surface area contributed by atoms with E-state index in [0.29, 0.717) is 0 Å². The number of rotatable bonds is 5. The smallest absolute Gasteiger partial charge is 0.163 e. The normalized spacial score (nSPS) is 26.5. The van der Waals surface area contributed by atoms with Crippen LogP contribution in [0, 0.1) is 13.8 Å². The largest absolute Gasteiger partial charge is 0.394 e. The third-order valence-corrected chi connectivity index (χ3v) is 6.32. The average Bonchev–Trinajstić information content (AvgIpc) is 3.11. The van der Waals surface area contributed by atoms with E-state index < -0.39 is 37.3 Å². The third-order valence-electron chi connectivity index (χ3n) is 6.32. The number of fused-ring (bicyclic) bond motifs is 1. The van der Waals surface area contributed by atoms with Crippen molar-refractivity contribution in [3.05, 3.63) is 70.4 Å². The first kappa shape index (κ1) is 22.0. The maximum atomic E-state index is 10.7. The Hall–Kier alpha value is -2.22. The second-order valence-electron chi connectivity index (χ2n) is 8.60. The zero-order valence-corrected chi connectivity index (χ0v) is 18.2. The molecule has 0 bridgehead atoms. The van der Waals surface area contributed by atoms with E-state index in [4.69, 9.17) is 4.74 Å². The molecule has 1 aliphatic heterocycles. The molecule has 0 unspecified atom stereocenters. The zero-order valence-electron chi connectivity index (χ0n) is 18.2. The Balaban J connectivity index is 1.80. The molecule has 1 aromatic heterocycles. The van der Waals surface area contributed by atoms with Crippen molar-refractivity contribution < 1.29 is 25.2 Å². The van der Waals surface area contributed by atoms with Gasteiger partial charge in [-0.3, -0.25) is 0 Å². The molecule has 0 saturated carbocycles. The highest BCUT2D eigenvalue weighted by atomic mass is 16.6. The Morgan fingerprint density at radius 1 is 0.935 bits per heavy atom. The number of nitrogens with zero attached hydrogens (tertiary/aromatic N) is 1. The standard InChI is InChI=1S/C25H31NO5/c1-4-16-5-7-17(8-6-16)11-18-12-26(19-10-14(2)9-15(3)21(18)19)25-24(30)23(29)22(28)20(13-27)31-25/h5-10,12,20,22-25,27-30H,4,11,13H2,1-3H3/t20-,22-,23+,24-,25-/m1/s1. The summed E-state index contributed by atoms with van der Waals surface area (Å²) in [6, 6.07) is 12.7. The fourth-order valence-electron chi connectivity index (χ4n) is 4.64. The summed E-state index contributed by atoms with van der Waals surface area (Å²) in [6.45, 7) is 5.76. The Kier molecular flexibility index (Phi) is 6.19. The van der Waals surface area contributed by atoms with Crippen LogP contribution in [0.25, 0.3) is 10.9 Å². The van der Waals surface area contributed by atoms with Crippen molar-refractivity contribution >= 4 is 10.9 Å². The maximum Gasteiger partial charge on any atom is 0.163 e. The molecule has 1 saturated heterocycles. The van der Waals surface area contributed by atoms with Gasteiger partial charge in [0.05, 0.1) is 12.1 Å². The van der Waals surface area contributed by atoms with Gasteiger partial charge in [0.15, 0.2) is 6.23 Å². The molecule has 0 aliphatic carbocycles. The van der Waals surface area contributed by atoms with Crippen molar-refractivity contribution in [2.75, 3.05) is 6.61 Å². The quantitative estimate of drug-likeness (QED) is 0.504. The van der Waals surface area contributed by atoms with E-state index in [1.807, 2.05) is 23.8 Å². The van der Waals surface area contributed by atoms with Gasteiger partial charge < -0.3 is 29.7 Å². The fourth-order valence-corrected chi connectivity index (χ4v) is 4.64. The predicted octanol–water partition coefficient (Wildman–Crippen LogP) is 2.38. The van der Waals surface area contributed by atoms with Crippen LogP contribution in [0.1, 0.15) is 41.0 Å². The molecule has 0 spiro atoms. The molecule has 4 rings (SSSR count). The summed E-state index contributed by atoms with van der Waals surface area (Å²) in [7, 11) is 0. The lowest BCUT2D eigenvalue weighted by atomic mass is 9.98. The Bertz CT molecular complexity index is 1060. The van der Waals surface area contributed by atoms with Crippen LogP contribution < -0.4 is 0 Å². The van der Waals surface area contributed by atoms with E-state index >= 15 is 0 Å². The highest BCUT2D eigenvalue weighted by Crippen LogP contribution is 2.35. The first-order valence-electron chi connectivity index (χ1n) is 10.8. The summed E-state index contributed by atoms with van der Waals surface area (Å²) in [6.07, 6.45) is -2.32. The second-order valence-corrected chi connectivity index (χ2v) is 8.60. The minimum atomic E-state index is -1.41. The zero-order chi connectivity index (χ0) is 22.3. The van der Waals surface area contributed by atoms with Crippen molar-refractivity contribution in [2.45, 2.75) is 64.3 Å². The topological polar surface area (TPSA) is 95.1 Å². The van der Waals surface area contributed by atoms with Crippen LogP contribution in [0.5, 0.6) is 0 Å². The third kappa shape index (κ3) is 4.02. The number of ether oxygens (including phenoxy) is 1. The molecule has 31 heavy (non-hydrogen) atoms. The van der Waals surface area contributed by atoms with Crippen molar-refractivity contribution in [3.8, 4) is 0 Å². The predicted molar refractivity (Wildman–Crippen MR) is 119 cm³/mol. The van der Waals surface area contributed by atoms with Gasteiger partial charge in [-0.15, -0.1) is 0 Å². The molecule has 3 aromatic rings. The molecule has 0 radical (unpaired) electrons. The molecule has 1 aliphatic rings. The molecule has 1 fully saturated rings. The minimum absolute atomic E-state index is 0.449. The summed E-state index contributed by atoms with van der Waals surface area (Å²) < 4.78 is 7.68. The van der Waals surface area contributed by atoms with Gasteiger partial charge in [-0.05, 0) is 60.6 Å². The van der Waals surface area contributed by atoms with Gasteiger partial charge in [-0.2, -0.15) is 0 Å². The molecule has 6 heteroatoms. The fraction of sp³-hybridized carbons (Fsp3) is 0.440. The minimum Gasteiger partial charge on any atom is -0.394 e. The van der Waals surface area contributed by atoms with E-state index in [0.717, 1.165) is 40.4 Å². The number of hydrogen-bond acceptors (Lipinski definition) is 5. The highest BCUT2D eigenvalue weighted by molar-refractivity contribution is 5.88. The number of aliphatic hydroxyl groups excluding tert-OH is 4. The van der Waals surface area contributed by atoms with Crippen LogP contribution in [0.2, 0.25) is 0 Å². The van der Waals surface area contributed by atoms with E-state index in [2.05, 4.69) is 44.2 Å². The van der Waals surface area contributed by atoms with Crippen molar-refractivity contribution in [3.63, 3.8) is 0 Å². The maximum absolute atomic E-state index is 10.7. The Morgan fingerprint density at radius 2 is 1.61 bits per heavy atom. The number of aromatic nitrogens is 1. The number of aliphatic hydroxyl groups is 4. The first-order chi connectivity index (χ1) is 14.8. The van der Waals surface area contributed by atoms with E-state index in [-0.39, 0.29) is 0 Å². The summed E-state index contributed by atoms with van der Waals surface area (Å²) >= 11 is 0. The second kappa shape index (κ2) is 8.73. The molecule has 2 heterocycles. The van der Waals surface area contributed by atoms with Crippen LogP contribution >= 0.6 is 0 Å². The van der Waals surface area contributed by atoms with Gasteiger partial charge in [-0.1, -0.05) is 37.3 Å². The Morgan fingerprint density at radius 3 is 2.26 bits per heavy atom. The van der Waals surface area contributed by atoms with Crippen LogP contribution in [0.4, 0.5) is 0 Å². The Labute approximate surface area is 182 Å². The molecular formula is C25H31NO5.